The van der Waals surface area contributed by atoms with Gasteiger partial charge < -0.3 is 9.32 Å². The van der Waals surface area contributed by atoms with Crippen LogP contribution in [0.25, 0.3) is 11.0 Å². The number of aromatic nitrogens is 1. The Morgan fingerprint density at radius 1 is 1.32 bits per heavy atom. The van der Waals surface area contributed by atoms with Crippen LogP contribution in [0.4, 0.5) is 11.5 Å². The van der Waals surface area contributed by atoms with Crippen LogP contribution in [0, 0.1) is 17.0 Å². The van der Waals surface area contributed by atoms with E-state index in [1.165, 1.54) is 12.3 Å². The van der Waals surface area contributed by atoms with E-state index in [1.807, 2.05) is 49.2 Å². The molecule has 2 heterocycles. The first-order valence-electron chi connectivity index (χ1n) is 6.84. The van der Waals surface area contributed by atoms with Gasteiger partial charge in [0.1, 0.15) is 23.4 Å². The van der Waals surface area contributed by atoms with E-state index in [-0.39, 0.29) is 5.69 Å². The van der Waals surface area contributed by atoms with Crippen molar-refractivity contribution in [3.8, 4) is 0 Å². The maximum absolute atomic E-state index is 10.8. The van der Waals surface area contributed by atoms with Crippen molar-refractivity contribution >= 4 is 22.5 Å². The Bertz CT molecular complexity index is 809. The summed E-state index contributed by atoms with van der Waals surface area (Å²) in [5, 5.41) is 11.8. The fraction of sp³-hybridized carbons (Fsp3) is 0.188. The van der Waals surface area contributed by atoms with E-state index < -0.39 is 4.92 Å². The molecule has 6 heteroatoms. The number of aryl methyl sites for hydroxylation is 1. The molecule has 3 rings (SSSR count). The molecule has 0 atom stereocenters. The van der Waals surface area contributed by atoms with Crippen LogP contribution in [0.3, 0.4) is 0 Å². The highest BCUT2D eigenvalue weighted by atomic mass is 16.6. The van der Waals surface area contributed by atoms with Crippen LogP contribution < -0.4 is 4.90 Å². The standard InChI is InChI=1S/C16H15N3O3/c1-11-7-13(19(20)21)9-17-16(11)18(2)10-14-8-12-5-3-4-6-15(12)22-14/h3-9H,10H2,1-2H3. The Hall–Kier alpha value is -2.89. The van der Waals surface area contributed by atoms with Crippen LogP contribution in [0.1, 0.15) is 11.3 Å². The number of anilines is 1. The van der Waals surface area contributed by atoms with Crippen molar-refractivity contribution in [3.63, 3.8) is 0 Å². The van der Waals surface area contributed by atoms with Crippen LogP contribution in [0.2, 0.25) is 0 Å². The number of benzene rings is 1. The molecule has 1 aromatic carbocycles. The Morgan fingerprint density at radius 3 is 2.77 bits per heavy atom. The number of para-hydroxylation sites is 1. The monoisotopic (exact) mass is 297 g/mol. The molecule has 0 aliphatic rings. The van der Waals surface area contributed by atoms with Gasteiger partial charge in [-0.15, -0.1) is 0 Å². The zero-order valence-corrected chi connectivity index (χ0v) is 12.3. The highest BCUT2D eigenvalue weighted by molar-refractivity contribution is 5.77. The van der Waals surface area contributed by atoms with Crippen molar-refractivity contribution in [1.29, 1.82) is 0 Å². The molecule has 0 bridgehead atoms. The summed E-state index contributed by atoms with van der Waals surface area (Å²) in [4.78, 5) is 16.4. The fourth-order valence-electron chi connectivity index (χ4n) is 2.48. The molecule has 22 heavy (non-hydrogen) atoms. The van der Waals surface area contributed by atoms with Crippen LogP contribution in [-0.2, 0) is 6.54 Å². The van der Waals surface area contributed by atoms with Gasteiger partial charge in [-0.25, -0.2) is 4.98 Å². The number of pyridine rings is 1. The predicted molar refractivity (Wildman–Crippen MR) is 83.9 cm³/mol. The van der Waals surface area contributed by atoms with Crippen LogP contribution in [0.5, 0.6) is 0 Å². The van der Waals surface area contributed by atoms with E-state index in [0.717, 1.165) is 22.3 Å². The molecular formula is C16H15N3O3. The van der Waals surface area contributed by atoms with Gasteiger partial charge >= 0.3 is 0 Å². The molecular weight excluding hydrogens is 282 g/mol. The Labute approximate surface area is 127 Å². The highest BCUT2D eigenvalue weighted by Gasteiger charge is 2.14. The minimum atomic E-state index is -0.441. The van der Waals surface area contributed by atoms with E-state index in [2.05, 4.69) is 4.98 Å². The minimum absolute atomic E-state index is 0.00149. The molecule has 0 N–H and O–H groups in total. The number of hydrogen-bond donors (Lipinski definition) is 0. The molecule has 112 valence electrons. The Morgan fingerprint density at radius 2 is 2.09 bits per heavy atom. The molecule has 0 saturated heterocycles. The number of nitrogens with zero attached hydrogens (tertiary/aromatic N) is 3. The first-order valence-corrected chi connectivity index (χ1v) is 6.84. The van der Waals surface area contributed by atoms with E-state index in [9.17, 15) is 10.1 Å². The number of furan rings is 1. The Balaban J connectivity index is 1.84. The average molecular weight is 297 g/mol. The van der Waals surface area contributed by atoms with Gasteiger partial charge in [-0.3, -0.25) is 10.1 Å². The lowest BCUT2D eigenvalue weighted by Crippen LogP contribution is -2.18. The maximum atomic E-state index is 10.8. The summed E-state index contributed by atoms with van der Waals surface area (Å²) in [6.45, 7) is 2.35. The molecule has 0 spiro atoms. The zero-order valence-electron chi connectivity index (χ0n) is 12.3. The van der Waals surface area contributed by atoms with Gasteiger partial charge in [0, 0.05) is 18.5 Å². The van der Waals surface area contributed by atoms with Crippen molar-refractivity contribution in [3.05, 3.63) is 64.0 Å². The van der Waals surface area contributed by atoms with Gasteiger partial charge in [-0.1, -0.05) is 18.2 Å². The summed E-state index contributed by atoms with van der Waals surface area (Å²) in [5.41, 5.74) is 1.60. The van der Waals surface area contributed by atoms with Gasteiger partial charge in [0.25, 0.3) is 5.69 Å². The van der Waals surface area contributed by atoms with Crippen molar-refractivity contribution in [2.24, 2.45) is 0 Å². The quantitative estimate of drug-likeness (QED) is 0.542. The van der Waals surface area contributed by atoms with Gasteiger partial charge in [0.15, 0.2) is 0 Å². The fourth-order valence-corrected chi connectivity index (χ4v) is 2.48. The summed E-state index contributed by atoms with van der Waals surface area (Å²) in [6.07, 6.45) is 1.28. The second-order valence-corrected chi connectivity index (χ2v) is 5.20. The molecule has 0 amide bonds. The SMILES string of the molecule is Cc1cc([N+](=O)[O-])cnc1N(C)Cc1cc2ccccc2o1. The number of fused-ring (bicyclic) bond motifs is 1. The molecule has 0 radical (unpaired) electrons. The van der Waals surface area contributed by atoms with Crippen LogP contribution in [-0.4, -0.2) is 17.0 Å². The van der Waals surface area contributed by atoms with Gasteiger partial charge in [0.05, 0.1) is 11.5 Å². The van der Waals surface area contributed by atoms with E-state index >= 15 is 0 Å². The lowest BCUT2D eigenvalue weighted by atomic mass is 10.2. The number of rotatable bonds is 4. The van der Waals surface area contributed by atoms with Crippen LogP contribution >= 0.6 is 0 Å². The smallest absolute Gasteiger partial charge is 0.287 e. The molecule has 3 aromatic rings. The molecule has 2 aromatic heterocycles. The third-order valence-corrected chi connectivity index (χ3v) is 3.48. The average Bonchev–Trinajstić information content (AvgIpc) is 2.88. The summed E-state index contributed by atoms with van der Waals surface area (Å²) in [5.74, 6) is 1.52. The first-order chi connectivity index (χ1) is 10.5. The van der Waals surface area contributed by atoms with E-state index in [1.54, 1.807) is 0 Å². The van der Waals surface area contributed by atoms with Crippen LogP contribution in [0.15, 0.2) is 47.0 Å². The second-order valence-electron chi connectivity index (χ2n) is 5.20. The molecule has 6 nitrogen and oxygen atoms in total. The second kappa shape index (κ2) is 5.48. The Kier molecular flexibility index (Phi) is 3.50. The van der Waals surface area contributed by atoms with E-state index in [0.29, 0.717) is 12.4 Å². The van der Waals surface area contributed by atoms with E-state index in [4.69, 9.17) is 4.42 Å². The lowest BCUT2D eigenvalue weighted by molar-refractivity contribution is -0.385. The number of hydrogen-bond acceptors (Lipinski definition) is 5. The van der Waals surface area contributed by atoms with Crippen molar-refractivity contribution in [2.75, 3.05) is 11.9 Å². The molecule has 0 unspecified atom stereocenters. The maximum Gasteiger partial charge on any atom is 0.287 e. The normalized spacial score (nSPS) is 10.8. The third kappa shape index (κ3) is 2.63. The van der Waals surface area contributed by atoms with Gasteiger partial charge in [-0.05, 0) is 24.6 Å². The molecule has 0 fully saturated rings. The largest absolute Gasteiger partial charge is 0.459 e. The zero-order chi connectivity index (χ0) is 15.7. The highest BCUT2D eigenvalue weighted by Crippen LogP contribution is 2.24. The first kappa shape index (κ1) is 14.1. The predicted octanol–water partition coefficient (Wildman–Crippen LogP) is 3.68. The summed E-state index contributed by atoms with van der Waals surface area (Å²) in [6, 6.07) is 11.3. The number of nitro groups is 1. The minimum Gasteiger partial charge on any atom is -0.459 e. The summed E-state index contributed by atoms with van der Waals surface area (Å²) >= 11 is 0. The van der Waals surface area contributed by atoms with Gasteiger partial charge in [0.2, 0.25) is 0 Å². The molecule has 0 aliphatic heterocycles. The summed E-state index contributed by atoms with van der Waals surface area (Å²) < 4.78 is 5.78. The van der Waals surface area contributed by atoms with Crippen molar-refractivity contribution in [1.82, 2.24) is 4.98 Å². The third-order valence-electron chi connectivity index (χ3n) is 3.48. The van der Waals surface area contributed by atoms with Crippen molar-refractivity contribution in [2.45, 2.75) is 13.5 Å². The topological polar surface area (TPSA) is 72.4 Å². The summed E-state index contributed by atoms with van der Waals surface area (Å²) in [7, 11) is 1.88. The molecule has 0 saturated carbocycles. The van der Waals surface area contributed by atoms with Gasteiger partial charge in [-0.2, -0.15) is 0 Å². The van der Waals surface area contributed by atoms with Crippen molar-refractivity contribution < 1.29 is 9.34 Å². The molecule has 0 aliphatic carbocycles. The lowest BCUT2D eigenvalue weighted by Gasteiger charge is -2.18.